The second-order valence-electron chi connectivity index (χ2n) is 9.05. The lowest BCUT2D eigenvalue weighted by molar-refractivity contribution is -0.117. The van der Waals surface area contributed by atoms with Crippen molar-refractivity contribution in [1.29, 1.82) is 5.26 Å². The molecule has 2 aromatic heterocycles. The van der Waals surface area contributed by atoms with E-state index >= 15 is 0 Å². The Balaban J connectivity index is 1.61. The average Bonchev–Trinajstić information content (AvgIpc) is 3.69. The minimum Gasteiger partial charge on any atom is -0.369 e. The van der Waals surface area contributed by atoms with Gasteiger partial charge in [0.2, 0.25) is 5.91 Å². The highest BCUT2D eigenvalue weighted by Gasteiger charge is 2.27. The smallest absolute Gasteiger partial charge is 0.252 e. The maximum atomic E-state index is 12.9. The second-order valence-corrected chi connectivity index (χ2v) is 9.05. The van der Waals surface area contributed by atoms with E-state index in [2.05, 4.69) is 22.0 Å². The van der Waals surface area contributed by atoms with E-state index in [9.17, 15) is 14.9 Å². The Hall–Kier alpha value is -4.44. The Labute approximate surface area is 203 Å². The number of carbonyl (C=O) groups is 1. The summed E-state index contributed by atoms with van der Waals surface area (Å²) in [4.78, 5) is 30.8. The number of nitriles is 1. The van der Waals surface area contributed by atoms with Crippen LogP contribution in [0.5, 0.6) is 0 Å². The van der Waals surface area contributed by atoms with Crippen molar-refractivity contribution in [1.82, 2.24) is 9.55 Å². The number of carbonyl (C=O) groups excluding carboxylic acids is 1. The summed E-state index contributed by atoms with van der Waals surface area (Å²) in [6.45, 7) is 0.766. The number of aryl methyl sites for hydroxylation is 1. The van der Waals surface area contributed by atoms with Crippen LogP contribution in [0, 0.1) is 17.2 Å². The average molecular weight is 464 g/mol. The highest BCUT2D eigenvalue weighted by molar-refractivity contribution is 5.91. The first kappa shape index (κ1) is 22.4. The van der Waals surface area contributed by atoms with Gasteiger partial charge in [0.05, 0.1) is 17.6 Å². The van der Waals surface area contributed by atoms with Crippen LogP contribution in [0.25, 0.3) is 22.2 Å². The summed E-state index contributed by atoms with van der Waals surface area (Å²) < 4.78 is 1.56. The van der Waals surface area contributed by atoms with Crippen molar-refractivity contribution in [3.63, 3.8) is 0 Å². The molecule has 1 aliphatic rings. The molecular weight excluding hydrogens is 438 g/mol. The topological polar surface area (TPSA) is 105 Å². The molecular formula is C28H25N5O2. The van der Waals surface area contributed by atoms with Gasteiger partial charge in [-0.25, -0.2) is 4.98 Å². The van der Waals surface area contributed by atoms with Gasteiger partial charge >= 0.3 is 0 Å². The van der Waals surface area contributed by atoms with E-state index in [0.29, 0.717) is 28.3 Å². The zero-order chi connectivity index (χ0) is 24.5. The fourth-order valence-electron chi connectivity index (χ4n) is 4.35. The molecule has 0 spiro atoms. The van der Waals surface area contributed by atoms with Gasteiger partial charge in [0.25, 0.3) is 5.56 Å². The molecule has 7 nitrogen and oxygen atoms in total. The monoisotopic (exact) mass is 463 g/mol. The van der Waals surface area contributed by atoms with Gasteiger partial charge in [0.15, 0.2) is 0 Å². The SMILES string of the molecule is Cn1c(=O)cc(N(CC2CC2)c2cccc(-c3ccc(CC(N)=O)cc3)c2)c2nc(C#N)ccc21. The molecule has 7 heteroatoms. The van der Waals surface area contributed by atoms with Crippen molar-refractivity contribution in [3.8, 4) is 17.2 Å². The molecule has 0 unspecified atom stereocenters. The zero-order valence-corrected chi connectivity index (χ0v) is 19.4. The first-order valence-corrected chi connectivity index (χ1v) is 11.6. The third kappa shape index (κ3) is 4.64. The van der Waals surface area contributed by atoms with E-state index in [-0.39, 0.29) is 17.9 Å². The van der Waals surface area contributed by atoms with Crippen LogP contribution in [0.1, 0.15) is 24.1 Å². The van der Waals surface area contributed by atoms with Gasteiger partial charge in [-0.2, -0.15) is 5.26 Å². The van der Waals surface area contributed by atoms with E-state index in [4.69, 9.17) is 5.73 Å². The molecule has 0 saturated heterocycles. The number of rotatable bonds is 7. The third-order valence-electron chi connectivity index (χ3n) is 6.44. The van der Waals surface area contributed by atoms with Crippen molar-refractivity contribution >= 4 is 28.3 Å². The molecule has 1 aliphatic carbocycles. The van der Waals surface area contributed by atoms with Crippen LogP contribution in [0.3, 0.4) is 0 Å². The Morgan fingerprint density at radius 3 is 2.57 bits per heavy atom. The number of aromatic nitrogens is 2. The first-order valence-electron chi connectivity index (χ1n) is 11.6. The predicted molar refractivity (Wildman–Crippen MR) is 136 cm³/mol. The van der Waals surface area contributed by atoms with Crippen LogP contribution in [0.15, 0.2) is 71.5 Å². The highest BCUT2D eigenvalue weighted by Crippen LogP contribution is 2.38. The molecule has 5 rings (SSSR count). The molecule has 0 radical (unpaired) electrons. The van der Waals surface area contributed by atoms with Crippen molar-refractivity contribution in [3.05, 3.63) is 88.3 Å². The Morgan fingerprint density at radius 2 is 1.89 bits per heavy atom. The third-order valence-corrected chi connectivity index (χ3v) is 6.44. The fraction of sp³-hybridized carbons (Fsp3) is 0.214. The van der Waals surface area contributed by atoms with Crippen molar-refractivity contribution < 1.29 is 4.79 Å². The second kappa shape index (κ2) is 9.07. The van der Waals surface area contributed by atoms with Gasteiger partial charge in [-0.3, -0.25) is 9.59 Å². The molecule has 4 aromatic rings. The fourth-order valence-corrected chi connectivity index (χ4v) is 4.35. The van der Waals surface area contributed by atoms with Crippen molar-refractivity contribution in [2.45, 2.75) is 19.3 Å². The highest BCUT2D eigenvalue weighted by atomic mass is 16.1. The number of hydrogen-bond donors (Lipinski definition) is 1. The summed E-state index contributed by atoms with van der Waals surface area (Å²) in [5.74, 6) is 0.190. The number of nitrogens with two attached hydrogens (primary N) is 1. The number of nitrogens with zero attached hydrogens (tertiary/aromatic N) is 4. The largest absolute Gasteiger partial charge is 0.369 e. The Morgan fingerprint density at radius 1 is 1.11 bits per heavy atom. The molecule has 2 aromatic carbocycles. The van der Waals surface area contributed by atoms with Gasteiger partial charge in [-0.05, 0) is 59.7 Å². The maximum absolute atomic E-state index is 12.9. The summed E-state index contributed by atoms with van der Waals surface area (Å²) in [6.07, 6.45) is 2.51. The van der Waals surface area contributed by atoms with Crippen molar-refractivity contribution in [2.75, 3.05) is 11.4 Å². The Bertz CT molecular complexity index is 1530. The van der Waals surface area contributed by atoms with E-state index in [1.54, 1.807) is 29.8 Å². The molecule has 0 bridgehead atoms. The van der Waals surface area contributed by atoms with Gasteiger partial charge < -0.3 is 15.2 Å². The summed E-state index contributed by atoms with van der Waals surface area (Å²) >= 11 is 0. The minimum atomic E-state index is -0.357. The Kier molecular flexibility index (Phi) is 5.79. The first-order chi connectivity index (χ1) is 16.9. The summed E-state index contributed by atoms with van der Waals surface area (Å²) in [6, 6.07) is 23.1. The van der Waals surface area contributed by atoms with E-state index in [0.717, 1.165) is 41.8 Å². The lowest BCUT2D eigenvalue weighted by atomic mass is 10.0. The van der Waals surface area contributed by atoms with E-state index in [1.165, 1.54) is 0 Å². The predicted octanol–water partition coefficient (Wildman–Crippen LogP) is 4.05. The number of fused-ring (bicyclic) bond motifs is 1. The molecule has 35 heavy (non-hydrogen) atoms. The number of amides is 1. The maximum Gasteiger partial charge on any atom is 0.252 e. The molecule has 1 amide bonds. The van der Waals surface area contributed by atoms with Crippen LogP contribution < -0.4 is 16.2 Å². The van der Waals surface area contributed by atoms with Crippen LogP contribution in [-0.2, 0) is 18.3 Å². The minimum absolute atomic E-state index is 0.124. The number of hydrogen-bond acceptors (Lipinski definition) is 5. The molecule has 0 atom stereocenters. The lowest BCUT2D eigenvalue weighted by Gasteiger charge is -2.27. The summed E-state index contributed by atoms with van der Waals surface area (Å²) in [5.41, 5.74) is 11.4. The molecule has 2 N–H and O–H groups in total. The van der Waals surface area contributed by atoms with Crippen LogP contribution in [0.2, 0.25) is 0 Å². The number of anilines is 2. The van der Waals surface area contributed by atoms with Gasteiger partial charge in [0, 0.05) is 25.3 Å². The standard InChI is InChI=1S/C28H25N5O2/c1-32-24-12-11-22(16-29)31-28(24)25(15-27(32)35)33(17-19-5-6-19)23-4-2-3-21(14-23)20-9-7-18(8-10-20)13-26(30)34/h2-4,7-12,14-15,19H,5-6,13,17H2,1H3,(H2,30,34). The van der Waals surface area contributed by atoms with E-state index in [1.807, 2.05) is 42.5 Å². The van der Waals surface area contributed by atoms with E-state index < -0.39 is 0 Å². The van der Waals surface area contributed by atoms with Gasteiger partial charge in [-0.1, -0.05) is 36.4 Å². The molecule has 174 valence electrons. The number of primary amides is 1. The molecule has 2 heterocycles. The van der Waals surface area contributed by atoms with Gasteiger partial charge in [0.1, 0.15) is 17.3 Å². The van der Waals surface area contributed by atoms with Crippen LogP contribution in [0.4, 0.5) is 11.4 Å². The number of benzene rings is 2. The van der Waals surface area contributed by atoms with Crippen LogP contribution >= 0.6 is 0 Å². The van der Waals surface area contributed by atoms with Gasteiger partial charge in [-0.15, -0.1) is 0 Å². The normalized spacial score (nSPS) is 12.9. The summed E-state index contributed by atoms with van der Waals surface area (Å²) in [7, 11) is 1.72. The molecule has 1 fully saturated rings. The van der Waals surface area contributed by atoms with Crippen molar-refractivity contribution in [2.24, 2.45) is 18.7 Å². The quantitative estimate of drug-likeness (QED) is 0.445. The molecule has 0 aliphatic heterocycles. The molecule has 1 saturated carbocycles. The number of pyridine rings is 2. The van der Waals surface area contributed by atoms with Crippen LogP contribution in [-0.4, -0.2) is 22.0 Å². The zero-order valence-electron chi connectivity index (χ0n) is 19.4. The lowest BCUT2D eigenvalue weighted by Crippen LogP contribution is -2.25. The summed E-state index contributed by atoms with van der Waals surface area (Å²) in [5, 5.41) is 9.43.